The predicted molar refractivity (Wildman–Crippen MR) is 80.4 cm³/mol. The van der Waals surface area contributed by atoms with Gasteiger partial charge in [-0.25, -0.2) is 4.98 Å². The van der Waals surface area contributed by atoms with Crippen molar-refractivity contribution in [3.8, 4) is 0 Å². The molecule has 1 saturated carbocycles. The smallest absolute Gasteiger partial charge is 0.229 e. The fourth-order valence-corrected chi connectivity index (χ4v) is 3.54. The normalized spacial score (nSPS) is 21.5. The van der Waals surface area contributed by atoms with Gasteiger partial charge in [0, 0.05) is 24.3 Å². The van der Waals surface area contributed by atoms with E-state index in [0.29, 0.717) is 24.6 Å². The van der Waals surface area contributed by atoms with Crippen molar-refractivity contribution in [2.75, 3.05) is 6.54 Å². The molecule has 2 fully saturated rings. The molecule has 1 aliphatic carbocycles. The van der Waals surface area contributed by atoms with Crippen molar-refractivity contribution in [3.63, 3.8) is 0 Å². The van der Waals surface area contributed by atoms with Gasteiger partial charge in [-0.1, -0.05) is 5.16 Å². The van der Waals surface area contributed by atoms with Gasteiger partial charge in [-0.2, -0.15) is 4.98 Å². The number of hydrogen-bond acceptors (Lipinski definition) is 6. The highest BCUT2D eigenvalue weighted by atomic mass is 32.1. The molecule has 6 nitrogen and oxygen atoms in total. The van der Waals surface area contributed by atoms with Crippen LogP contribution in [0.1, 0.15) is 61.5 Å². The molecule has 1 atom stereocenters. The summed E-state index contributed by atoms with van der Waals surface area (Å²) in [4.78, 5) is 23.1. The van der Waals surface area contributed by atoms with Gasteiger partial charge in [0.15, 0.2) is 5.82 Å². The number of hydrogen-bond donors (Lipinski definition) is 0. The first-order valence-electron chi connectivity index (χ1n) is 7.81. The maximum atomic E-state index is 12.5. The van der Waals surface area contributed by atoms with Gasteiger partial charge in [-0.3, -0.25) is 4.79 Å². The molecule has 2 aliphatic rings. The largest absolute Gasteiger partial charge is 0.339 e. The molecule has 0 bridgehead atoms. The third-order valence-electron chi connectivity index (χ3n) is 4.33. The van der Waals surface area contributed by atoms with E-state index in [2.05, 4.69) is 15.1 Å². The third-order valence-corrected chi connectivity index (χ3v) is 4.97. The molecule has 7 heteroatoms. The van der Waals surface area contributed by atoms with Gasteiger partial charge >= 0.3 is 0 Å². The molecule has 22 heavy (non-hydrogen) atoms. The van der Waals surface area contributed by atoms with Crippen LogP contribution in [0.3, 0.4) is 0 Å². The van der Waals surface area contributed by atoms with Crippen LogP contribution in [0, 0.1) is 0 Å². The average Bonchev–Trinajstić information content (AvgIpc) is 3.02. The minimum atomic E-state index is -0.0146. The molecule has 0 N–H and O–H groups in total. The lowest BCUT2D eigenvalue weighted by Gasteiger charge is -2.22. The minimum Gasteiger partial charge on any atom is -0.339 e. The van der Waals surface area contributed by atoms with Gasteiger partial charge in [0.25, 0.3) is 0 Å². The third kappa shape index (κ3) is 2.77. The highest BCUT2D eigenvalue weighted by Crippen LogP contribution is 2.40. The lowest BCUT2D eigenvalue weighted by Crippen LogP contribution is -2.31. The summed E-state index contributed by atoms with van der Waals surface area (Å²) in [6.45, 7) is 0.786. The topological polar surface area (TPSA) is 72.1 Å². The Hall–Kier alpha value is -1.76. The lowest BCUT2D eigenvalue weighted by molar-refractivity contribution is -0.132. The Kier molecular flexibility index (Phi) is 3.65. The Labute approximate surface area is 132 Å². The predicted octanol–water partition coefficient (Wildman–Crippen LogP) is 2.70. The van der Waals surface area contributed by atoms with E-state index in [1.54, 1.807) is 16.8 Å². The van der Waals surface area contributed by atoms with Gasteiger partial charge in [0.2, 0.25) is 11.8 Å². The summed E-state index contributed by atoms with van der Waals surface area (Å²) in [7, 11) is 0. The molecule has 3 heterocycles. The van der Waals surface area contributed by atoms with Crippen molar-refractivity contribution < 1.29 is 9.32 Å². The van der Waals surface area contributed by atoms with Crippen LogP contribution in [-0.4, -0.2) is 32.5 Å². The molecule has 2 aromatic heterocycles. The maximum Gasteiger partial charge on any atom is 0.229 e. The second kappa shape index (κ2) is 5.79. The highest BCUT2D eigenvalue weighted by molar-refractivity contribution is 7.07. The molecule has 1 aliphatic heterocycles. The number of rotatable bonds is 5. The number of aryl methyl sites for hydroxylation is 1. The van der Waals surface area contributed by atoms with E-state index in [0.717, 1.165) is 43.8 Å². The van der Waals surface area contributed by atoms with Gasteiger partial charge < -0.3 is 9.42 Å². The second-order valence-electron chi connectivity index (χ2n) is 5.99. The van der Waals surface area contributed by atoms with E-state index >= 15 is 0 Å². The Balaban J connectivity index is 1.42. The Morgan fingerprint density at radius 1 is 1.41 bits per heavy atom. The molecular weight excluding hydrogens is 300 g/mol. The summed E-state index contributed by atoms with van der Waals surface area (Å²) in [6.07, 6.45) is 5.40. The number of carbonyl (C=O) groups is 1. The first-order chi connectivity index (χ1) is 10.8. The van der Waals surface area contributed by atoms with Gasteiger partial charge in [0.05, 0.1) is 17.2 Å². The van der Waals surface area contributed by atoms with Crippen molar-refractivity contribution in [1.82, 2.24) is 20.0 Å². The molecule has 0 unspecified atom stereocenters. The fourth-order valence-electron chi connectivity index (χ4n) is 2.95. The molecule has 2 aromatic rings. The van der Waals surface area contributed by atoms with Crippen molar-refractivity contribution >= 4 is 17.2 Å². The molecule has 4 rings (SSSR count). The number of carbonyl (C=O) groups excluding carboxylic acids is 1. The van der Waals surface area contributed by atoms with Crippen molar-refractivity contribution in [1.29, 1.82) is 0 Å². The zero-order valence-corrected chi connectivity index (χ0v) is 13.1. The maximum absolute atomic E-state index is 12.5. The average molecular weight is 318 g/mol. The summed E-state index contributed by atoms with van der Waals surface area (Å²) < 4.78 is 5.34. The molecule has 1 amide bonds. The summed E-state index contributed by atoms with van der Waals surface area (Å²) >= 11 is 1.56. The molecule has 0 aromatic carbocycles. The van der Waals surface area contributed by atoms with E-state index in [1.165, 1.54) is 0 Å². The first kappa shape index (κ1) is 13.9. The summed E-state index contributed by atoms with van der Waals surface area (Å²) in [6, 6.07) is -0.0146. The van der Waals surface area contributed by atoms with Crippen LogP contribution in [0.4, 0.5) is 0 Å². The highest BCUT2D eigenvalue weighted by Gasteiger charge is 2.35. The Morgan fingerprint density at radius 2 is 2.32 bits per heavy atom. The molecule has 0 spiro atoms. The van der Waals surface area contributed by atoms with Crippen LogP contribution < -0.4 is 0 Å². The standard InChI is InChI=1S/C15H18N4O2S/c20-13(6-5-11-8-22-9-16-11)19-7-1-2-12(19)14-17-15(21-18-14)10-3-4-10/h8-10,12H,1-7H2/t12-/m0/s1. The molecule has 0 radical (unpaired) electrons. The van der Waals surface area contributed by atoms with Crippen LogP contribution >= 0.6 is 11.3 Å². The zero-order valence-electron chi connectivity index (χ0n) is 12.3. The number of nitrogens with zero attached hydrogens (tertiary/aromatic N) is 4. The SMILES string of the molecule is O=C(CCc1cscn1)N1CCC[C@H]1c1noc(C2CC2)n1. The monoisotopic (exact) mass is 318 g/mol. The van der Waals surface area contributed by atoms with Crippen LogP contribution in [-0.2, 0) is 11.2 Å². The summed E-state index contributed by atoms with van der Waals surface area (Å²) in [5.74, 6) is 2.04. The number of amides is 1. The Bertz CT molecular complexity index is 650. The van der Waals surface area contributed by atoms with E-state index in [-0.39, 0.29) is 11.9 Å². The lowest BCUT2D eigenvalue weighted by atomic mass is 10.2. The van der Waals surface area contributed by atoms with Crippen LogP contribution in [0.2, 0.25) is 0 Å². The van der Waals surface area contributed by atoms with E-state index < -0.39 is 0 Å². The number of aromatic nitrogens is 3. The molecule has 116 valence electrons. The zero-order chi connectivity index (χ0) is 14.9. The van der Waals surface area contributed by atoms with Gasteiger partial charge in [-0.05, 0) is 32.1 Å². The van der Waals surface area contributed by atoms with E-state index in [4.69, 9.17) is 4.52 Å². The fraction of sp³-hybridized carbons (Fsp3) is 0.600. The molecule has 1 saturated heterocycles. The van der Waals surface area contributed by atoms with Crippen LogP contribution in [0.25, 0.3) is 0 Å². The Morgan fingerprint density at radius 3 is 3.09 bits per heavy atom. The van der Waals surface area contributed by atoms with Crippen LogP contribution in [0.15, 0.2) is 15.4 Å². The first-order valence-corrected chi connectivity index (χ1v) is 8.75. The van der Waals surface area contributed by atoms with Crippen molar-refractivity contribution in [2.45, 2.75) is 50.5 Å². The second-order valence-corrected chi connectivity index (χ2v) is 6.71. The van der Waals surface area contributed by atoms with Crippen LogP contribution in [0.5, 0.6) is 0 Å². The summed E-state index contributed by atoms with van der Waals surface area (Å²) in [5, 5.41) is 6.11. The van der Waals surface area contributed by atoms with Crippen molar-refractivity contribution in [3.05, 3.63) is 28.3 Å². The van der Waals surface area contributed by atoms with Crippen molar-refractivity contribution in [2.24, 2.45) is 0 Å². The molecular formula is C15H18N4O2S. The summed E-state index contributed by atoms with van der Waals surface area (Å²) in [5.41, 5.74) is 2.79. The van der Waals surface area contributed by atoms with E-state index in [9.17, 15) is 4.79 Å². The number of likely N-dealkylation sites (tertiary alicyclic amines) is 1. The minimum absolute atomic E-state index is 0.0146. The van der Waals surface area contributed by atoms with Gasteiger partial charge in [0.1, 0.15) is 0 Å². The quantitative estimate of drug-likeness (QED) is 0.847. The number of thiazole rings is 1. The van der Waals surface area contributed by atoms with E-state index in [1.807, 2.05) is 10.3 Å². The van der Waals surface area contributed by atoms with Gasteiger partial charge in [-0.15, -0.1) is 11.3 Å².